The van der Waals surface area contributed by atoms with Gasteiger partial charge in [0.2, 0.25) is 0 Å². The minimum atomic E-state index is 1.01. The number of hydrogen-bond donors (Lipinski definition) is 0. The van der Waals surface area contributed by atoms with Gasteiger partial charge in [-0.1, -0.05) is 178 Å². The van der Waals surface area contributed by atoms with Crippen LogP contribution in [0.1, 0.15) is 73.4 Å². The number of benzene rings is 2. The van der Waals surface area contributed by atoms with E-state index < -0.39 is 0 Å². The Morgan fingerprint density at radius 1 is 0.571 bits per heavy atom. The van der Waals surface area contributed by atoms with Crippen LogP contribution in [0.4, 0.5) is 0 Å². The lowest BCUT2D eigenvalue weighted by Gasteiger charge is -2.19. The van der Waals surface area contributed by atoms with Crippen LogP contribution in [-0.4, -0.2) is 0 Å². The van der Waals surface area contributed by atoms with Crippen LogP contribution >= 0.6 is 0 Å². The third-order valence-corrected chi connectivity index (χ3v) is 4.11. The van der Waals surface area contributed by atoms with Gasteiger partial charge in [-0.15, -0.1) is 0 Å². The zero-order chi connectivity index (χ0) is 27.5. The molecule has 2 aromatic rings. The van der Waals surface area contributed by atoms with E-state index in [2.05, 4.69) is 74.3 Å². The van der Waals surface area contributed by atoms with Gasteiger partial charge in [-0.05, 0) is 40.3 Å². The first-order chi connectivity index (χ1) is 17.3. The number of allylic oxidation sites excluding steroid dienone is 10. The largest absolute Gasteiger partial charge is 0.0990 e. The van der Waals surface area contributed by atoms with E-state index in [1.165, 1.54) is 0 Å². The maximum Gasteiger partial charge on any atom is -0.00268 e. The summed E-state index contributed by atoms with van der Waals surface area (Å²) < 4.78 is 0. The molecule has 2 rings (SSSR count). The van der Waals surface area contributed by atoms with Crippen molar-refractivity contribution in [3.05, 3.63) is 151 Å². The number of hydrogen-bond acceptors (Lipinski definition) is 0. The van der Waals surface area contributed by atoms with E-state index in [-0.39, 0.29) is 0 Å². The second-order valence-corrected chi connectivity index (χ2v) is 5.90. The molecule has 0 amide bonds. The van der Waals surface area contributed by atoms with Crippen LogP contribution in [0.25, 0.3) is 5.57 Å². The summed E-state index contributed by atoms with van der Waals surface area (Å²) in [4.78, 5) is 0. The summed E-state index contributed by atoms with van der Waals surface area (Å²) in [6.45, 7) is 29.8. The molecule has 0 aromatic heterocycles. The van der Waals surface area contributed by atoms with Gasteiger partial charge in [0.05, 0.1) is 0 Å². The fraction of sp³-hybridized carbons (Fsp3) is 0.257. The third kappa shape index (κ3) is 13.2. The Bertz CT molecular complexity index is 860. The lowest BCUT2D eigenvalue weighted by Crippen LogP contribution is -2.00. The van der Waals surface area contributed by atoms with Crippen LogP contribution in [0.15, 0.2) is 140 Å². The van der Waals surface area contributed by atoms with Crippen LogP contribution in [0.2, 0.25) is 0 Å². The summed E-state index contributed by atoms with van der Waals surface area (Å²) in [5, 5.41) is 0. The number of rotatable bonds is 8. The monoisotopic (exact) mass is 470 g/mol. The maximum atomic E-state index is 4.05. The van der Waals surface area contributed by atoms with Crippen molar-refractivity contribution in [3.63, 3.8) is 0 Å². The first-order valence-corrected chi connectivity index (χ1v) is 13.0. The van der Waals surface area contributed by atoms with Crippen molar-refractivity contribution in [2.24, 2.45) is 0 Å². The Kier molecular flexibility index (Phi) is 27.8. The minimum absolute atomic E-state index is 1.01. The van der Waals surface area contributed by atoms with Crippen molar-refractivity contribution in [1.29, 1.82) is 0 Å². The van der Waals surface area contributed by atoms with Crippen molar-refractivity contribution < 1.29 is 0 Å². The predicted molar refractivity (Wildman–Crippen MR) is 166 cm³/mol. The molecule has 0 saturated heterocycles. The SMILES string of the molecule is C=C/C=C(\C=C)C(=C(c1ccccc1)c1ccccc1)C(/C=C\C)=C/C=C.CC.CC.CC.CC. The molecular formula is C35H50. The van der Waals surface area contributed by atoms with Crippen LogP contribution in [0.3, 0.4) is 0 Å². The highest BCUT2D eigenvalue weighted by atomic mass is 14.2. The first kappa shape index (κ1) is 36.2. The summed E-state index contributed by atoms with van der Waals surface area (Å²) in [5.41, 5.74) is 6.63. The van der Waals surface area contributed by atoms with Crippen molar-refractivity contribution in [2.75, 3.05) is 0 Å². The molecule has 0 aliphatic rings. The molecule has 0 nitrogen and oxygen atoms in total. The Balaban J connectivity index is -0.00000116. The Hall–Kier alpha value is -3.38. The Morgan fingerprint density at radius 2 is 0.943 bits per heavy atom. The van der Waals surface area contributed by atoms with Gasteiger partial charge < -0.3 is 0 Å². The van der Waals surface area contributed by atoms with E-state index in [9.17, 15) is 0 Å². The summed E-state index contributed by atoms with van der Waals surface area (Å²) >= 11 is 0. The van der Waals surface area contributed by atoms with Crippen molar-refractivity contribution in [2.45, 2.75) is 62.3 Å². The lowest BCUT2D eigenvalue weighted by molar-refractivity contribution is 1.42. The van der Waals surface area contributed by atoms with Gasteiger partial charge in [-0.25, -0.2) is 0 Å². The van der Waals surface area contributed by atoms with E-state index in [4.69, 9.17) is 0 Å². The van der Waals surface area contributed by atoms with Crippen LogP contribution in [-0.2, 0) is 0 Å². The van der Waals surface area contributed by atoms with E-state index in [0.717, 1.165) is 33.4 Å². The molecule has 0 heteroatoms. The fourth-order valence-electron chi connectivity index (χ4n) is 3.03. The smallest absolute Gasteiger partial charge is 0.00268 e. The van der Waals surface area contributed by atoms with Crippen LogP contribution in [0.5, 0.6) is 0 Å². The van der Waals surface area contributed by atoms with Gasteiger partial charge in [0, 0.05) is 0 Å². The standard InChI is InChI=1S/C27H26.4C2H6/c1-5-15-22(8-4)26(23(16-6-2)17-7-3)27(24-18-11-9-12-19-24)25-20-13-10-14-21-25;4*1-2/h5-21H,1-2,4H2,3H3;4*1-2H3/b17-7-,22-15+,23-16+;;;;. The average molecular weight is 471 g/mol. The van der Waals surface area contributed by atoms with Gasteiger partial charge in [-0.3, -0.25) is 0 Å². The lowest BCUT2D eigenvalue weighted by atomic mass is 9.84. The predicted octanol–water partition coefficient (Wildman–Crippen LogP) is 11.6. The second kappa shape index (κ2) is 26.9. The maximum absolute atomic E-state index is 4.05. The van der Waals surface area contributed by atoms with Crippen molar-refractivity contribution in [1.82, 2.24) is 0 Å². The highest BCUT2D eigenvalue weighted by Gasteiger charge is 2.16. The average Bonchev–Trinajstić information content (AvgIpc) is 2.96. The first-order valence-electron chi connectivity index (χ1n) is 13.0. The zero-order valence-electron chi connectivity index (χ0n) is 23.9. The van der Waals surface area contributed by atoms with Gasteiger partial charge in [0.15, 0.2) is 0 Å². The fourth-order valence-corrected chi connectivity index (χ4v) is 3.03. The second-order valence-electron chi connectivity index (χ2n) is 5.90. The minimum Gasteiger partial charge on any atom is -0.0990 e. The molecule has 0 aliphatic heterocycles. The molecule has 0 unspecified atom stereocenters. The molecule has 0 atom stereocenters. The molecule has 0 bridgehead atoms. The molecule has 35 heavy (non-hydrogen) atoms. The topological polar surface area (TPSA) is 0 Å². The summed E-state index contributed by atoms with van der Waals surface area (Å²) in [6, 6.07) is 20.9. The normalized spacial score (nSPS) is 9.86. The van der Waals surface area contributed by atoms with Gasteiger partial charge in [-0.2, -0.15) is 0 Å². The molecule has 2 aromatic carbocycles. The summed E-state index contributed by atoms with van der Waals surface area (Å²) in [5.74, 6) is 0. The van der Waals surface area contributed by atoms with Gasteiger partial charge in [0.25, 0.3) is 0 Å². The molecule has 190 valence electrons. The Morgan fingerprint density at radius 3 is 1.26 bits per heavy atom. The highest BCUT2D eigenvalue weighted by Crippen LogP contribution is 2.35. The molecule has 0 saturated carbocycles. The summed E-state index contributed by atoms with van der Waals surface area (Å²) in [6.07, 6.45) is 13.7. The Labute approximate surface area is 218 Å². The van der Waals surface area contributed by atoms with E-state index in [1.54, 1.807) is 6.08 Å². The molecule has 0 N–H and O–H groups in total. The van der Waals surface area contributed by atoms with Crippen LogP contribution in [0, 0.1) is 0 Å². The molecular weight excluding hydrogens is 420 g/mol. The van der Waals surface area contributed by atoms with Gasteiger partial charge in [0.1, 0.15) is 0 Å². The van der Waals surface area contributed by atoms with Crippen molar-refractivity contribution >= 4 is 5.57 Å². The van der Waals surface area contributed by atoms with E-state index in [1.807, 2.05) is 105 Å². The van der Waals surface area contributed by atoms with Gasteiger partial charge >= 0.3 is 0 Å². The van der Waals surface area contributed by atoms with E-state index in [0.29, 0.717) is 0 Å². The van der Waals surface area contributed by atoms with Crippen LogP contribution < -0.4 is 0 Å². The van der Waals surface area contributed by atoms with E-state index >= 15 is 0 Å². The van der Waals surface area contributed by atoms with Crippen molar-refractivity contribution in [3.8, 4) is 0 Å². The molecule has 0 radical (unpaired) electrons. The zero-order valence-corrected chi connectivity index (χ0v) is 23.9. The molecule has 0 aliphatic carbocycles. The molecule has 0 fully saturated rings. The quantitative estimate of drug-likeness (QED) is 0.336. The highest BCUT2D eigenvalue weighted by molar-refractivity contribution is 5.89. The third-order valence-electron chi connectivity index (χ3n) is 4.11. The molecule has 0 heterocycles. The molecule has 0 spiro atoms. The summed E-state index contributed by atoms with van der Waals surface area (Å²) in [7, 11) is 0.